The summed E-state index contributed by atoms with van der Waals surface area (Å²) in [7, 11) is 0. The summed E-state index contributed by atoms with van der Waals surface area (Å²) in [5.41, 5.74) is 1.82. The highest BCUT2D eigenvalue weighted by Gasteiger charge is 2.36. The van der Waals surface area contributed by atoms with E-state index in [2.05, 4.69) is 5.10 Å². The lowest BCUT2D eigenvalue weighted by atomic mass is 9.99. The Balaban J connectivity index is 2.02. The second kappa shape index (κ2) is 5.03. The van der Waals surface area contributed by atoms with Crippen LogP contribution in [0.5, 0.6) is 0 Å². The van der Waals surface area contributed by atoms with Gasteiger partial charge >= 0.3 is 5.97 Å². The first-order chi connectivity index (χ1) is 8.88. The zero-order valence-electron chi connectivity index (χ0n) is 11.5. The van der Waals surface area contributed by atoms with Crippen LogP contribution in [-0.4, -0.2) is 44.8 Å². The van der Waals surface area contributed by atoms with Gasteiger partial charge in [0.05, 0.1) is 11.6 Å². The quantitative estimate of drug-likeness (QED) is 0.872. The Hall–Kier alpha value is -1.85. The molecule has 0 saturated carbocycles. The minimum absolute atomic E-state index is 0.00176. The number of carbonyl (C=O) groups is 2. The summed E-state index contributed by atoms with van der Waals surface area (Å²) in [6.07, 6.45) is 0. The van der Waals surface area contributed by atoms with Gasteiger partial charge in [0.1, 0.15) is 6.54 Å². The molecule has 1 aromatic rings. The summed E-state index contributed by atoms with van der Waals surface area (Å²) in [4.78, 5) is 24.8. The van der Waals surface area contributed by atoms with Crippen molar-refractivity contribution in [1.29, 1.82) is 0 Å². The number of likely N-dealkylation sites (tertiary alicyclic amines) is 1. The van der Waals surface area contributed by atoms with Crippen molar-refractivity contribution >= 4 is 11.9 Å². The van der Waals surface area contributed by atoms with Crippen LogP contribution in [0.3, 0.4) is 0 Å². The van der Waals surface area contributed by atoms with Crippen LogP contribution in [0, 0.1) is 25.7 Å². The molecule has 2 atom stereocenters. The van der Waals surface area contributed by atoms with Crippen molar-refractivity contribution in [2.24, 2.45) is 11.8 Å². The molecule has 2 unspecified atom stereocenters. The molecule has 0 radical (unpaired) electrons. The molecule has 0 aromatic carbocycles. The molecule has 6 heteroatoms. The summed E-state index contributed by atoms with van der Waals surface area (Å²) >= 11 is 0. The van der Waals surface area contributed by atoms with Gasteiger partial charge in [0, 0.05) is 18.8 Å². The molecule has 1 aliphatic heterocycles. The molecule has 2 rings (SSSR count). The van der Waals surface area contributed by atoms with Crippen molar-refractivity contribution in [2.45, 2.75) is 27.3 Å². The van der Waals surface area contributed by atoms with Crippen LogP contribution < -0.4 is 0 Å². The lowest BCUT2D eigenvalue weighted by molar-refractivity contribution is -0.142. The first-order valence-corrected chi connectivity index (χ1v) is 6.40. The van der Waals surface area contributed by atoms with E-state index in [1.165, 1.54) is 0 Å². The number of nitrogens with zero attached hydrogens (tertiary/aromatic N) is 3. The Morgan fingerprint density at radius 1 is 1.42 bits per heavy atom. The minimum atomic E-state index is -0.825. The zero-order valence-corrected chi connectivity index (χ0v) is 11.5. The van der Waals surface area contributed by atoms with Crippen LogP contribution in [0.25, 0.3) is 0 Å². The second-order valence-corrected chi connectivity index (χ2v) is 5.31. The van der Waals surface area contributed by atoms with Crippen molar-refractivity contribution in [3.63, 3.8) is 0 Å². The van der Waals surface area contributed by atoms with Gasteiger partial charge in [-0.25, -0.2) is 0 Å². The van der Waals surface area contributed by atoms with Crippen molar-refractivity contribution in [2.75, 3.05) is 13.1 Å². The van der Waals surface area contributed by atoms with Crippen LogP contribution in [0.4, 0.5) is 0 Å². The number of amides is 1. The van der Waals surface area contributed by atoms with E-state index in [0.717, 1.165) is 11.4 Å². The van der Waals surface area contributed by atoms with Crippen molar-refractivity contribution < 1.29 is 14.7 Å². The van der Waals surface area contributed by atoms with Crippen LogP contribution in [0.15, 0.2) is 6.07 Å². The summed E-state index contributed by atoms with van der Waals surface area (Å²) in [6.45, 7) is 6.64. The normalized spacial score (nSPS) is 22.8. The highest BCUT2D eigenvalue weighted by Crippen LogP contribution is 2.23. The molecule has 104 valence electrons. The lowest BCUT2D eigenvalue weighted by Crippen LogP contribution is -2.33. The number of hydrogen-bond acceptors (Lipinski definition) is 3. The molecule has 1 aliphatic rings. The first-order valence-electron chi connectivity index (χ1n) is 6.40. The van der Waals surface area contributed by atoms with Gasteiger partial charge in [-0.05, 0) is 25.8 Å². The highest BCUT2D eigenvalue weighted by atomic mass is 16.4. The summed E-state index contributed by atoms with van der Waals surface area (Å²) in [6, 6.07) is 1.92. The third-order valence-electron chi connectivity index (χ3n) is 3.67. The number of carboxylic acid groups (broad SMARTS) is 1. The number of hydrogen-bond donors (Lipinski definition) is 1. The standard InChI is InChI=1S/C13H19N3O3/c1-8-5-15(6-11(8)13(18)19)12(17)7-16-10(3)4-9(2)14-16/h4,8,11H,5-7H2,1-3H3,(H,18,19). The molecular weight excluding hydrogens is 246 g/mol. The maximum Gasteiger partial charge on any atom is 0.308 e. The van der Waals surface area contributed by atoms with Crippen molar-refractivity contribution in [3.8, 4) is 0 Å². The summed E-state index contributed by atoms with van der Waals surface area (Å²) < 4.78 is 1.66. The number of aromatic nitrogens is 2. The number of aryl methyl sites for hydroxylation is 2. The van der Waals surface area contributed by atoms with Crippen molar-refractivity contribution in [1.82, 2.24) is 14.7 Å². The van der Waals surface area contributed by atoms with Crippen LogP contribution in [0.2, 0.25) is 0 Å². The topological polar surface area (TPSA) is 75.4 Å². The Morgan fingerprint density at radius 3 is 2.58 bits per heavy atom. The largest absolute Gasteiger partial charge is 0.481 e. The first kappa shape index (κ1) is 13.6. The van der Waals surface area contributed by atoms with Crippen LogP contribution in [-0.2, 0) is 16.1 Å². The van der Waals surface area contributed by atoms with Gasteiger partial charge in [0.2, 0.25) is 5.91 Å². The number of aliphatic carboxylic acids is 1. The molecule has 1 amide bonds. The average Bonchev–Trinajstić information content (AvgIpc) is 2.83. The molecule has 0 spiro atoms. The van der Waals surface area contributed by atoms with E-state index in [0.29, 0.717) is 13.1 Å². The van der Waals surface area contributed by atoms with Crippen LogP contribution >= 0.6 is 0 Å². The van der Waals surface area contributed by atoms with Gasteiger partial charge < -0.3 is 10.0 Å². The monoisotopic (exact) mass is 265 g/mol. The van der Waals surface area contributed by atoms with Gasteiger partial charge in [0.15, 0.2) is 0 Å². The molecule has 0 aliphatic carbocycles. The van der Waals surface area contributed by atoms with E-state index < -0.39 is 11.9 Å². The molecule has 19 heavy (non-hydrogen) atoms. The Morgan fingerprint density at radius 2 is 2.11 bits per heavy atom. The van der Waals surface area contributed by atoms with Crippen LogP contribution in [0.1, 0.15) is 18.3 Å². The maximum atomic E-state index is 12.2. The summed E-state index contributed by atoms with van der Waals surface area (Å²) in [5.74, 6) is -1.35. The predicted molar refractivity (Wildman–Crippen MR) is 68.6 cm³/mol. The molecule has 2 heterocycles. The maximum absolute atomic E-state index is 12.2. The Labute approximate surface area is 112 Å². The fourth-order valence-electron chi connectivity index (χ4n) is 2.56. The molecule has 1 N–H and O–H groups in total. The van der Waals surface area contributed by atoms with E-state index >= 15 is 0 Å². The van der Waals surface area contributed by atoms with Gasteiger partial charge in [-0.2, -0.15) is 5.10 Å². The van der Waals surface area contributed by atoms with E-state index in [1.54, 1.807) is 9.58 Å². The fraction of sp³-hybridized carbons (Fsp3) is 0.615. The average molecular weight is 265 g/mol. The highest BCUT2D eigenvalue weighted by molar-refractivity contribution is 5.78. The third-order valence-corrected chi connectivity index (χ3v) is 3.67. The fourth-order valence-corrected chi connectivity index (χ4v) is 2.56. The Kier molecular flexibility index (Phi) is 3.59. The number of rotatable bonds is 3. The van der Waals surface area contributed by atoms with Gasteiger partial charge in [-0.3, -0.25) is 14.3 Å². The molecular formula is C13H19N3O3. The minimum Gasteiger partial charge on any atom is -0.481 e. The second-order valence-electron chi connectivity index (χ2n) is 5.31. The number of carbonyl (C=O) groups excluding carboxylic acids is 1. The Bertz CT molecular complexity index is 509. The van der Waals surface area contributed by atoms with Crippen molar-refractivity contribution in [3.05, 3.63) is 17.5 Å². The molecule has 1 fully saturated rings. The molecule has 0 bridgehead atoms. The van der Waals surface area contributed by atoms with Gasteiger partial charge in [-0.15, -0.1) is 0 Å². The van der Waals surface area contributed by atoms with E-state index in [-0.39, 0.29) is 18.4 Å². The molecule has 6 nitrogen and oxygen atoms in total. The smallest absolute Gasteiger partial charge is 0.308 e. The SMILES string of the molecule is Cc1cc(C)n(CC(=O)N2CC(C)C(C(=O)O)C2)n1. The molecule has 1 aromatic heterocycles. The predicted octanol–water partition coefficient (Wildman–Crippen LogP) is 0.679. The van der Waals surface area contributed by atoms with E-state index in [9.17, 15) is 9.59 Å². The van der Waals surface area contributed by atoms with E-state index in [4.69, 9.17) is 5.11 Å². The zero-order chi connectivity index (χ0) is 14.2. The summed E-state index contributed by atoms with van der Waals surface area (Å²) in [5, 5.41) is 13.3. The lowest BCUT2D eigenvalue weighted by Gasteiger charge is -2.16. The number of carboxylic acids is 1. The van der Waals surface area contributed by atoms with Gasteiger partial charge in [0.25, 0.3) is 0 Å². The molecule has 1 saturated heterocycles. The van der Waals surface area contributed by atoms with Gasteiger partial charge in [-0.1, -0.05) is 6.92 Å². The van der Waals surface area contributed by atoms with E-state index in [1.807, 2.05) is 26.8 Å². The third kappa shape index (κ3) is 2.77.